The topological polar surface area (TPSA) is 44.8 Å². The molecule has 0 bridgehead atoms. The molecule has 4 nitrogen and oxygen atoms in total. The summed E-state index contributed by atoms with van der Waals surface area (Å²) in [6.45, 7) is 2.22. The molecule has 0 aliphatic rings. The largest absolute Gasteiger partial charge is 0.500 e. The zero-order valence-corrected chi connectivity index (χ0v) is 15.4. The van der Waals surface area contributed by atoms with Crippen LogP contribution in [0, 0.1) is 0 Å². The molecule has 0 spiro atoms. The average molecular weight is 325 g/mol. The van der Waals surface area contributed by atoms with Gasteiger partial charge in [0.25, 0.3) is 0 Å². The third kappa shape index (κ3) is 9.23. The third-order valence-corrected chi connectivity index (χ3v) is 7.83. The Morgan fingerprint density at radius 2 is 1.30 bits per heavy atom. The van der Waals surface area contributed by atoms with E-state index in [-0.39, 0.29) is 0 Å². The van der Waals surface area contributed by atoms with Crippen LogP contribution in [0.15, 0.2) is 0 Å². The van der Waals surface area contributed by atoms with Gasteiger partial charge in [-0.3, -0.25) is 4.21 Å². The molecule has 0 N–H and O–H groups in total. The van der Waals surface area contributed by atoms with Gasteiger partial charge < -0.3 is 13.3 Å². The first-order valence-corrected chi connectivity index (χ1v) is 11.1. The smallest absolute Gasteiger partial charge is 0.377 e. The van der Waals surface area contributed by atoms with Crippen LogP contribution in [0.3, 0.4) is 0 Å². The monoisotopic (exact) mass is 324 g/mol. The van der Waals surface area contributed by atoms with Crippen molar-refractivity contribution in [1.29, 1.82) is 0 Å². The lowest BCUT2D eigenvalue weighted by atomic mass is 10.1. The normalized spacial score (nSPS) is 13.6. The maximum Gasteiger partial charge on any atom is 0.500 e. The summed E-state index contributed by atoms with van der Waals surface area (Å²) in [4.78, 5) is 0. The molecule has 0 heterocycles. The van der Waals surface area contributed by atoms with Crippen molar-refractivity contribution < 1.29 is 17.5 Å². The second-order valence-electron chi connectivity index (χ2n) is 5.01. The Morgan fingerprint density at radius 1 is 0.800 bits per heavy atom. The molecule has 0 rings (SSSR count). The zero-order valence-electron chi connectivity index (χ0n) is 13.6. The number of hydrogen-bond acceptors (Lipinski definition) is 4. The summed E-state index contributed by atoms with van der Waals surface area (Å²) in [6, 6.07) is 0.735. The molecule has 0 radical (unpaired) electrons. The van der Waals surface area contributed by atoms with Crippen molar-refractivity contribution >= 4 is 19.6 Å². The lowest BCUT2D eigenvalue weighted by Gasteiger charge is -2.24. The van der Waals surface area contributed by atoms with E-state index in [9.17, 15) is 4.21 Å². The molecule has 122 valence electrons. The van der Waals surface area contributed by atoms with Crippen molar-refractivity contribution in [3.8, 4) is 0 Å². The van der Waals surface area contributed by atoms with Crippen molar-refractivity contribution in [3.05, 3.63) is 0 Å². The molecule has 0 saturated heterocycles. The van der Waals surface area contributed by atoms with Crippen LogP contribution in [0.1, 0.15) is 51.9 Å². The Kier molecular flexibility index (Phi) is 13.1. The van der Waals surface area contributed by atoms with E-state index >= 15 is 0 Å². The summed E-state index contributed by atoms with van der Waals surface area (Å²) in [5.74, 6) is 1.55. The van der Waals surface area contributed by atoms with E-state index in [4.69, 9.17) is 13.3 Å². The van der Waals surface area contributed by atoms with Crippen molar-refractivity contribution in [2.75, 3.05) is 32.8 Å². The number of rotatable bonds is 14. The van der Waals surface area contributed by atoms with Crippen LogP contribution in [0.2, 0.25) is 6.04 Å². The highest BCUT2D eigenvalue weighted by molar-refractivity contribution is 7.84. The minimum absolute atomic E-state index is 0.712. The standard InChI is InChI=1S/C14H32O4SSi/c1-5-6-7-8-9-10-12-19(15)13-11-14-20(16-2,17-3)18-4/h5-14H2,1-4H3. The van der Waals surface area contributed by atoms with Crippen molar-refractivity contribution in [3.63, 3.8) is 0 Å². The van der Waals surface area contributed by atoms with Gasteiger partial charge in [-0.25, -0.2) is 0 Å². The van der Waals surface area contributed by atoms with Crippen LogP contribution < -0.4 is 0 Å². The Bertz CT molecular complexity index is 239. The molecule has 0 saturated carbocycles. The predicted octanol–water partition coefficient (Wildman–Crippen LogP) is 3.36. The second-order valence-corrected chi connectivity index (χ2v) is 9.80. The Morgan fingerprint density at radius 3 is 1.85 bits per heavy atom. The van der Waals surface area contributed by atoms with E-state index in [1.165, 1.54) is 32.1 Å². The van der Waals surface area contributed by atoms with E-state index in [2.05, 4.69) is 6.92 Å². The summed E-state index contributed by atoms with van der Waals surface area (Å²) in [6.07, 6.45) is 8.31. The quantitative estimate of drug-likeness (QED) is 0.363. The minimum Gasteiger partial charge on any atom is -0.377 e. The molecular weight excluding hydrogens is 292 g/mol. The molecule has 1 unspecified atom stereocenters. The van der Waals surface area contributed by atoms with Crippen LogP contribution in [0.4, 0.5) is 0 Å². The summed E-state index contributed by atoms with van der Waals surface area (Å²) in [5, 5.41) is 0. The molecule has 0 aliphatic carbocycles. The van der Waals surface area contributed by atoms with Crippen molar-refractivity contribution in [2.45, 2.75) is 57.9 Å². The van der Waals surface area contributed by atoms with Gasteiger partial charge in [-0.1, -0.05) is 39.0 Å². The van der Waals surface area contributed by atoms with Crippen LogP contribution in [0.25, 0.3) is 0 Å². The lowest BCUT2D eigenvalue weighted by Crippen LogP contribution is -2.42. The van der Waals surface area contributed by atoms with Gasteiger partial charge in [0.1, 0.15) is 0 Å². The average Bonchev–Trinajstić information content (AvgIpc) is 2.48. The molecule has 0 aromatic rings. The summed E-state index contributed by atoms with van der Waals surface area (Å²) >= 11 is 0. The predicted molar refractivity (Wildman–Crippen MR) is 87.5 cm³/mol. The molecule has 0 aliphatic heterocycles. The van der Waals surface area contributed by atoms with Crippen molar-refractivity contribution in [2.24, 2.45) is 0 Å². The first-order valence-electron chi connectivity index (χ1n) is 7.64. The van der Waals surface area contributed by atoms with Crippen LogP contribution >= 0.6 is 0 Å². The Labute approximate surface area is 128 Å². The van der Waals surface area contributed by atoms with Crippen LogP contribution in [0.5, 0.6) is 0 Å². The molecule has 0 amide bonds. The lowest BCUT2D eigenvalue weighted by molar-refractivity contribution is 0.123. The fourth-order valence-corrected chi connectivity index (χ4v) is 5.33. The van der Waals surface area contributed by atoms with Gasteiger partial charge in [0.05, 0.1) is 0 Å². The molecule has 0 aromatic heterocycles. The molecule has 0 fully saturated rings. The maximum atomic E-state index is 11.9. The maximum absolute atomic E-state index is 11.9. The van der Waals surface area contributed by atoms with Gasteiger partial charge in [-0.2, -0.15) is 0 Å². The van der Waals surface area contributed by atoms with E-state index < -0.39 is 19.6 Å². The molecular formula is C14H32O4SSi. The molecule has 0 aromatic carbocycles. The van der Waals surface area contributed by atoms with Gasteiger partial charge in [0.15, 0.2) is 0 Å². The highest BCUT2D eigenvalue weighted by Crippen LogP contribution is 2.15. The van der Waals surface area contributed by atoms with Crippen LogP contribution in [-0.4, -0.2) is 45.8 Å². The van der Waals surface area contributed by atoms with Gasteiger partial charge in [-0.15, -0.1) is 0 Å². The Hall–Kier alpha value is 0.247. The van der Waals surface area contributed by atoms with Gasteiger partial charge >= 0.3 is 8.80 Å². The molecule has 6 heteroatoms. The number of hydrogen-bond donors (Lipinski definition) is 0. The van der Waals surface area contributed by atoms with Gasteiger partial charge in [0, 0.05) is 49.7 Å². The summed E-state index contributed by atoms with van der Waals surface area (Å²) in [5.41, 5.74) is 0. The van der Waals surface area contributed by atoms with E-state index in [1.807, 2.05) is 0 Å². The zero-order chi connectivity index (χ0) is 15.3. The first-order chi connectivity index (χ1) is 9.64. The fourth-order valence-electron chi connectivity index (χ4n) is 2.15. The second kappa shape index (κ2) is 12.9. The number of unbranched alkanes of at least 4 members (excludes halogenated alkanes) is 5. The fraction of sp³-hybridized carbons (Fsp3) is 1.00. The van der Waals surface area contributed by atoms with Gasteiger partial charge in [-0.05, 0) is 12.8 Å². The van der Waals surface area contributed by atoms with E-state index in [1.54, 1.807) is 21.3 Å². The van der Waals surface area contributed by atoms with E-state index in [0.717, 1.165) is 30.4 Å². The highest BCUT2D eigenvalue weighted by Gasteiger charge is 2.36. The molecule has 20 heavy (non-hydrogen) atoms. The highest BCUT2D eigenvalue weighted by atomic mass is 32.2. The minimum atomic E-state index is -2.47. The van der Waals surface area contributed by atoms with Crippen molar-refractivity contribution in [1.82, 2.24) is 0 Å². The van der Waals surface area contributed by atoms with E-state index in [0.29, 0.717) is 0 Å². The molecule has 1 atom stereocenters. The summed E-state index contributed by atoms with van der Waals surface area (Å²) < 4.78 is 27.9. The summed E-state index contributed by atoms with van der Waals surface area (Å²) in [7, 11) is 1.67. The third-order valence-electron chi connectivity index (χ3n) is 3.51. The van der Waals surface area contributed by atoms with Gasteiger partial charge in [0.2, 0.25) is 0 Å². The SMILES string of the molecule is CCCCCCCCS(=O)CCC[Si](OC)(OC)OC. The first kappa shape index (κ1) is 20.2. The van der Waals surface area contributed by atoms with Crippen LogP contribution in [-0.2, 0) is 24.1 Å². The Balaban J connectivity index is 3.62.